The van der Waals surface area contributed by atoms with Crippen LogP contribution in [-0.2, 0) is 6.42 Å². The molecule has 0 saturated carbocycles. The van der Waals surface area contributed by atoms with Crippen LogP contribution >= 0.6 is 0 Å². The largest absolute Gasteiger partial charge is 0.319 e. The summed E-state index contributed by atoms with van der Waals surface area (Å²) in [6.07, 6.45) is 2.77. The minimum Gasteiger partial charge on any atom is -0.319 e. The minimum absolute atomic E-state index is 0.237. The fraction of sp³-hybridized carbons (Fsp3) is 0.176. The number of hydrogen-bond donors (Lipinski definition) is 1. The number of nitrogens with two attached hydrogens (primary N) is 1. The summed E-state index contributed by atoms with van der Waals surface area (Å²) >= 11 is 0. The zero-order valence-electron chi connectivity index (χ0n) is 11.5. The average molecular weight is 263 g/mol. The van der Waals surface area contributed by atoms with E-state index in [-0.39, 0.29) is 6.04 Å². The van der Waals surface area contributed by atoms with Gasteiger partial charge in [-0.3, -0.25) is 4.98 Å². The second-order valence-electron chi connectivity index (χ2n) is 4.86. The lowest BCUT2D eigenvalue weighted by atomic mass is 10.0. The Morgan fingerprint density at radius 1 is 1.05 bits per heavy atom. The van der Waals surface area contributed by atoms with Gasteiger partial charge in [0.05, 0.1) is 29.0 Å². The lowest BCUT2D eigenvalue weighted by Gasteiger charge is -2.13. The molecule has 0 fully saturated rings. The van der Waals surface area contributed by atoms with Gasteiger partial charge in [-0.2, -0.15) is 0 Å². The fourth-order valence-corrected chi connectivity index (χ4v) is 2.30. The first-order valence-corrected chi connectivity index (χ1v) is 6.84. The second kappa shape index (κ2) is 5.39. The van der Waals surface area contributed by atoms with Gasteiger partial charge in [0, 0.05) is 0 Å². The molecule has 3 nitrogen and oxygen atoms in total. The Hall–Kier alpha value is -2.26. The van der Waals surface area contributed by atoms with Gasteiger partial charge in [0.15, 0.2) is 0 Å². The zero-order chi connectivity index (χ0) is 13.9. The molecule has 0 aliphatic rings. The van der Waals surface area contributed by atoms with Gasteiger partial charge < -0.3 is 5.73 Å². The van der Waals surface area contributed by atoms with Crippen molar-refractivity contribution in [3.8, 4) is 0 Å². The smallest absolute Gasteiger partial charge is 0.0890 e. The van der Waals surface area contributed by atoms with Crippen LogP contribution in [0.4, 0.5) is 0 Å². The average Bonchev–Trinajstić information content (AvgIpc) is 2.53. The summed E-state index contributed by atoms with van der Waals surface area (Å²) < 4.78 is 0. The third-order valence-corrected chi connectivity index (χ3v) is 3.50. The summed E-state index contributed by atoms with van der Waals surface area (Å²) in [6.45, 7) is 2.14. The molecule has 3 rings (SSSR count). The molecule has 0 amide bonds. The van der Waals surface area contributed by atoms with Crippen molar-refractivity contribution in [1.82, 2.24) is 9.97 Å². The van der Waals surface area contributed by atoms with Gasteiger partial charge in [-0.25, -0.2) is 4.98 Å². The first-order valence-electron chi connectivity index (χ1n) is 6.84. The summed E-state index contributed by atoms with van der Waals surface area (Å²) in [6, 6.07) is 15.9. The van der Waals surface area contributed by atoms with Crippen LogP contribution in [0.1, 0.15) is 29.8 Å². The van der Waals surface area contributed by atoms with E-state index in [1.54, 1.807) is 6.20 Å². The maximum absolute atomic E-state index is 6.33. The predicted molar refractivity (Wildman–Crippen MR) is 81.4 cm³/mol. The summed E-state index contributed by atoms with van der Waals surface area (Å²) in [4.78, 5) is 9.05. The van der Waals surface area contributed by atoms with E-state index in [9.17, 15) is 0 Å². The maximum Gasteiger partial charge on any atom is 0.0890 e. The molecule has 1 unspecified atom stereocenters. The molecule has 0 aliphatic carbocycles. The molecule has 3 aromatic rings. The number of para-hydroxylation sites is 2. The van der Waals surface area contributed by atoms with E-state index in [4.69, 9.17) is 5.73 Å². The van der Waals surface area contributed by atoms with Crippen molar-refractivity contribution in [2.45, 2.75) is 19.4 Å². The van der Waals surface area contributed by atoms with E-state index in [2.05, 4.69) is 29.0 Å². The van der Waals surface area contributed by atoms with Crippen molar-refractivity contribution < 1.29 is 0 Å². The van der Waals surface area contributed by atoms with Crippen molar-refractivity contribution in [3.05, 3.63) is 71.5 Å². The molecule has 0 spiro atoms. The highest BCUT2D eigenvalue weighted by Gasteiger charge is 2.11. The predicted octanol–water partition coefficient (Wildman–Crippen LogP) is 3.24. The van der Waals surface area contributed by atoms with Crippen molar-refractivity contribution >= 4 is 11.0 Å². The first-order chi connectivity index (χ1) is 9.78. The Bertz CT molecular complexity index is 737. The van der Waals surface area contributed by atoms with Gasteiger partial charge in [0.25, 0.3) is 0 Å². The van der Waals surface area contributed by atoms with Crippen LogP contribution in [0.2, 0.25) is 0 Å². The molecule has 0 saturated heterocycles. The number of nitrogens with zero attached hydrogens (tertiary/aromatic N) is 2. The zero-order valence-corrected chi connectivity index (χ0v) is 11.5. The normalized spacial score (nSPS) is 12.5. The standard InChI is InChI=1S/C17H17N3/c1-2-12-6-5-7-13(10-12)17(18)16-11-19-14-8-3-4-9-15(14)20-16/h3-11,17H,2,18H2,1H3. The van der Waals surface area contributed by atoms with Gasteiger partial charge in [-0.1, -0.05) is 43.3 Å². The van der Waals surface area contributed by atoms with Gasteiger partial charge >= 0.3 is 0 Å². The summed E-state index contributed by atoms with van der Waals surface area (Å²) in [7, 11) is 0. The van der Waals surface area contributed by atoms with Gasteiger partial charge in [-0.15, -0.1) is 0 Å². The summed E-state index contributed by atoms with van der Waals surface area (Å²) in [5.41, 5.74) is 11.3. The van der Waals surface area contributed by atoms with Crippen molar-refractivity contribution in [2.75, 3.05) is 0 Å². The van der Waals surface area contributed by atoms with Crippen LogP contribution in [0.3, 0.4) is 0 Å². The van der Waals surface area contributed by atoms with Gasteiger partial charge in [-0.05, 0) is 29.7 Å². The van der Waals surface area contributed by atoms with E-state index >= 15 is 0 Å². The van der Waals surface area contributed by atoms with E-state index in [1.165, 1.54) is 5.56 Å². The van der Waals surface area contributed by atoms with Crippen LogP contribution in [-0.4, -0.2) is 9.97 Å². The number of aromatic nitrogens is 2. The number of rotatable bonds is 3. The van der Waals surface area contributed by atoms with E-state index in [0.717, 1.165) is 28.7 Å². The molecule has 1 heterocycles. The number of fused-ring (bicyclic) bond motifs is 1. The van der Waals surface area contributed by atoms with Gasteiger partial charge in [0.1, 0.15) is 0 Å². The lowest BCUT2D eigenvalue weighted by Crippen LogP contribution is -2.14. The maximum atomic E-state index is 6.33. The number of aryl methyl sites for hydroxylation is 1. The monoisotopic (exact) mass is 263 g/mol. The quantitative estimate of drug-likeness (QED) is 0.789. The Morgan fingerprint density at radius 2 is 1.85 bits per heavy atom. The molecule has 0 aliphatic heterocycles. The van der Waals surface area contributed by atoms with Crippen LogP contribution in [0.5, 0.6) is 0 Å². The molecule has 0 radical (unpaired) electrons. The molecular formula is C17H17N3. The summed E-state index contributed by atoms with van der Waals surface area (Å²) in [5.74, 6) is 0. The van der Waals surface area contributed by atoms with Crippen molar-refractivity contribution in [1.29, 1.82) is 0 Å². The topological polar surface area (TPSA) is 51.8 Å². The fourth-order valence-electron chi connectivity index (χ4n) is 2.30. The molecule has 3 heteroatoms. The third kappa shape index (κ3) is 2.40. The molecule has 2 N–H and O–H groups in total. The Morgan fingerprint density at radius 3 is 2.65 bits per heavy atom. The van der Waals surface area contributed by atoms with E-state index in [0.29, 0.717) is 0 Å². The highest BCUT2D eigenvalue weighted by atomic mass is 14.8. The van der Waals surface area contributed by atoms with Crippen molar-refractivity contribution in [2.24, 2.45) is 5.73 Å². The molecule has 2 aromatic carbocycles. The van der Waals surface area contributed by atoms with E-state index < -0.39 is 0 Å². The van der Waals surface area contributed by atoms with E-state index in [1.807, 2.05) is 36.4 Å². The highest BCUT2D eigenvalue weighted by molar-refractivity contribution is 5.73. The molecule has 1 aromatic heterocycles. The Kier molecular flexibility index (Phi) is 3.44. The molecular weight excluding hydrogens is 246 g/mol. The molecule has 1 atom stereocenters. The highest BCUT2D eigenvalue weighted by Crippen LogP contribution is 2.20. The van der Waals surface area contributed by atoms with Crippen LogP contribution < -0.4 is 5.73 Å². The van der Waals surface area contributed by atoms with Crippen LogP contribution in [0.25, 0.3) is 11.0 Å². The van der Waals surface area contributed by atoms with Crippen LogP contribution in [0, 0.1) is 0 Å². The summed E-state index contributed by atoms with van der Waals surface area (Å²) in [5, 5.41) is 0. The Balaban J connectivity index is 2.00. The number of hydrogen-bond acceptors (Lipinski definition) is 3. The Labute approximate surface area is 118 Å². The lowest BCUT2D eigenvalue weighted by molar-refractivity contribution is 0.825. The number of benzene rings is 2. The minimum atomic E-state index is -0.237. The van der Waals surface area contributed by atoms with Crippen LogP contribution in [0.15, 0.2) is 54.7 Å². The molecule has 100 valence electrons. The van der Waals surface area contributed by atoms with Gasteiger partial charge in [0.2, 0.25) is 0 Å². The second-order valence-corrected chi connectivity index (χ2v) is 4.86. The van der Waals surface area contributed by atoms with Crippen molar-refractivity contribution in [3.63, 3.8) is 0 Å². The first kappa shape index (κ1) is 12.8. The molecule has 0 bridgehead atoms. The molecule has 20 heavy (non-hydrogen) atoms. The third-order valence-electron chi connectivity index (χ3n) is 3.50. The SMILES string of the molecule is CCc1cccc(C(N)c2cnc3ccccc3n2)c1.